The van der Waals surface area contributed by atoms with Gasteiger partial charge in [0.25, 0.3) is 10.0 Å². The molecule has 0 saturated heterocycles. The van der Waals surface area contributed by atoms with E-state index in [0.29, 0.717) is 16.5 Å². The highest BCUT2D eigenvalue weighted by molar-refractivity contribution is 7.92. The topological polar surface area (TPSA) is 75.7 Å². The monoisotopic (exact) mass is 498 g/mol. The van der Waals surface area contributed by atoms with Crippen LogP contribution in [0.1, 0.15) is 36.1 Å². The second kappa shape index (κ2) is 10.1. The maximum atomic E-state index is 13.5. The number of carbonyl (C=O) groups excluding carboxylic acids is 1. The molecule has 1 N–H and O–H groups in total. The van der Waals surface area contributed by atoms with E-state index in [1.165, 1.54) is 36.4 Å². The van der Waals surface area contributed by atoms with E-state index in [1.54, 1.807) is 30.3 Å². The number of amides is 1. The van der Waals surface area contributed by atoms with Gasteiger partial charge in [0.15, 0.2) is 0 Å². The molecule has 0 aliphatic heterocycles. The summed E-state index contributed by atoms with van der Waals surface area (Å²) in [4.78, 5) is 13.1. The van der Waals surface area contributed by atoms with E-state index >= 15 is 0 Å². The molecule has 3 aromatic rings. The zero-order valence-electron chi connectivity index (χ0n) is 19.1. The number of hydrogen-bond donors (Lipinski definition) is 1. The van der Waals surface area contributed by atoms with Crippen LogP contribution in [0.4, 0.5) is 5.69 Å². The third-order valence-corrected chi connectivity index (χ3v) is 8.05. The van der Waals surface area contributed by atoms with Gasteiger partial charge in [-0.05, 0) is 85.3 Å². The highest BCUT2D eigenvalue weighted by atomic mass is 35.5. The number of sulfonamides is 1. The Labute approximate surface area is 205 Å². The predicted molar refractivity (Wildman–Crippen MR) is 134 cm³/mol. The first-order chi connectivity index (χ1) is 16.3. The van der Waals surface area contributed by atoms with Gasteiger partial charge in [-0.25, -0.2) is 8.42 Å². The smallest absolute Gasteiger partial charge is 0.264 e. The second-order valence-corrected chi connectivity index (χ2v) is 10.6. The van der Waals surface area contributed by atoms with Crippen molar-refractivity contribution in [3.8, 4) is 5.75 Å². The molecule has 0 bridgehead atoms. The quantitative estimate of drug-likeness (QED) is 0.478. The lowest BCUT2D eigenvalue weighted by Gasteiger charge is -2.25. The molecule has 1 unspecified atom stereocenters. The summed E-state index contributed by atoms with van der Waals surface area (Å²) in [5, 5.41) is 3.32. The Hall–Kier alpha value is -3.03. The number of ether oxygens (including phenoxy) is 1. The van der Waals surface area contributed by atoms with E-state index in [9.17, 15) is 13.2 Å². The first-order valence-corrected chi connectivity index (χ1v) is 12.9. The Balaban J connectivity index is 1.58. The summed E-state index contributed by atoms with van der Waals surface area (Å²) < 4.78 is 33.3. The third kappa shape index (κ3) is 5.21. The van der Waals surface area contributed by atoms with Gasteiger partial charge in [-0.1, -0.05) is 35.9 Å². The van der Waals surface area contributed by atoms with Gasteiger partial charge in [-0.15, -0.1) is 0 Å². The molecule has 0 fully saturated rings. The van der Waals surface area contributed by atoms with Gasteiger partial charge < -0.3 is 10.1 Å². The molecule has 1 amide bonds. The second-order valence-electron chi connectivity index (χ2n) is 8.34. The van der Waals surface area contributed by atoms with Crippen LogP contribution in [0.5, 0.6) is 5.75 Å². The molecule has 4 rings (SSSR count). The van der Waals surface area contributed by atoms with Gasteiger partial charge in [0.2, 0.25) is 5.91 Å². The molecule has 1 aliphatic carbocycles. The van der Waals surface area contributed by atoms with Crippen molar-refractivity contribution >= 4 is 33.2 Å². The van der Waals surface area contributed by atoms with Crippen molar-refractivity contribution in [3.05, 3.63) is 88.4 Å². The molecule has 6 nitrogen and oxygen atoms in total. The number of fused-ring (bicyclic) bond motifs is 1. The number of halogens is 1. The van der Waals surface area contributed by atoms with Gasteiger partial charge >= 0.3 is 0 Å². The average Bonchev–Trinajstić information content (AvgIpc) is 3.30. The van der Waals surface area contributed by atoms with E-state index < -0.39 is 15.9 Å². The minimum absolute atomic E-state index is 0.0488. The summed E-state index contributed by atoms with van der Waals surface area (Å²) in [5.41, 5.74) is 3.99. The molecule has 0 saturated carbocycles. The van der Waals surface area contributed by atoms with E-state index in [4.69, 9.17) is 16.3 Å². The lowest BCUT2D eigenvalue weighted by atomic mass is 10.0. The molecule has 1 aliphatic rings. The molecule has 8 heteroatoms. The van der Waals surface area contributed by atoms with Crippen LogP contribution >= 0.6 is 11.6 Å². The highest BCUT2D eigenvalue weighted by Crippen LogP contribution is 2.28. The van der Waals surface area contributed by atoms with E-state index in [-0.39, 0.29) is 17.5 Å². The minimum atomic E-state index is -4.04. The molecular weight excluding hydrogens is 472 g/mol. The number of rotatable bonds is 8. The van der Waals surface area contributed by atoms with Crippen LogP contribution in [-0.2, 0) is 27.7 Å². The largest absolute Gasteiger partial charge is 0.497 e. The van der Waals surface area contributed by atoms with Crippen molar-refractivity contribution in [2.45, 2.75) is 37.1 Å². The van der Waals surface area contributed by atoms with Crippen molar-refractivity contribution < 1.29 is 17.9 Å². The summed E-state index contributed by atoms with van der Waals surface area (Å²) in [6, 6.07) is 18.5. The Morgan fingerprint density at radius 1 is 1.06 bits per heavy atom. The van der Waals surface area contributed by atoms with Crippen LogP contribution in [0.3, 0.4) is 0 Å². The van der Waals surface area contributed by atoms with Crippen molar-refractivity contribution in [1.29, 1.82) is 0 Å². The van der Waals surface area contributed by atoms with Crippen molar-refractivity contribution in [3.63, 3.8) is 0 Å². The number of hydrogen-bond acceptors (Lipinski definition) is 4. The van der Waals surface area contributed by atoms with E-state index in [1.807, 2.05) is 13.0 Å². The number of nitrogens with one attached hydrogen (secondary N) is 1. The number of nitrogens with zero attached hydrogens (tertiary/aromatic N) is 1. The number of benzene rings is 3. The Bertz CT molecular complexity index is 1290. The summed E-state index contributed by atoms with van der Waals surface area (Å²) in [7, 11) is -2.53. The molecule has 3 aromatic carbocycles. The van der Waals surface area contributed by atoms with Gasteiger partial charge in [-0.3, -0.25) is 9.10 Å². The van der Waals surface area contributed by atoms with Crippen LogP contribution in [0.25, 0.3) is 0 Å². The summed E-state index contributed by atoms with van der Waals surface area (Å²) in [6.07, 6.45) is 3.29. The van der Waals surface area contributed by atoms with Crippen LogP contribution in [0, 0.1) is 0 Å². The fourth-order valence-electron chi connectivity index (χ4n) is 4.18. The predicted octanol–water partition coefficient (Wildman–Crippen LogP) is 4.91. The number of methoxy groups -OCH3 is 1. The number of aryl methyl sites for hydroxylation is 2. The normalized spacial score (nSPS) is 13.7. The third-order valence-electron chi connectivity index (χ3n) is 6.03. The van der Waals surface area contributed by atoms with Crippen molar-refractivity contribution in [1.82, 2.24) is 5.32 Å². The molecule has 1 atom stereocenters. The van der Waals surface area contributed by atoms with Crippen LogP contribution in [-0.4, -0.2) is 28.0 Å². The Morgan fingerprint density at radius 2 is 1.79 bits per heavy atom. The highest BCUT2D eigenvalue weighted by Gasteiger charge is 2.28. The lowest BCUT2D eigenvalue weighted by molar-refractivity contribution is -0.120. The summed E-state index contributed by atoms with van der Waals surface area (Å²) in [6.45, 7) is 1.51. The maximum absolute atomic E-state index is 13.5. The molecule has 178 valence electrons. The summed E-state index contributed by atoms with van der Waals surface area (Å²) >= 11 is 6.13. The van der Waals surface area contributed by atoms with Crippen LogP contribution in [0.2, 0.25) is 5.02 Å². The maximum Gasteiger partial charge on any atom is 0.264 e. The Kier molecular flexibility index (Phi) is 7.14. The van der Waals surface area contributed by atoms with Crippen LogP contribution < -0.4 is 14.4 Å². The standard InChI is InChI=1S/C26H27ClN2O4S/c1-18(20-10-9-19-5-3-6-21(19)15-20)28-26(30)17-29(23-8-4-7-22(27)16-23)34(31,32)25-13-11-24(33-2)12-14-25/h4,7-16,18H,3,5-6,17H2,1-2H3,(H,28,30). The first kappa shape index (κ1) is 24.1. The zero-order chi connectivity index (χ0) is 24.3. The van der Waals surface area contributed by atoms with Gasteiger partial charge in [-0.2, -0.15) is 0 Å². The van der Waals surface area contributed by atoms with Crippen LogP contribution in [0.15, 0.2) is 71.6 Å². The van der Waals surface area contributed by atoms with Crippen molar-refractivity contribution in [2.75, 3.05) is 18.0 Å². The Morgan fingerprint density at radius 3 is 2.50 bits per heavy atom. The number of carbonyl (C=O) groups is 1. The van der Waals surface area contributed by atoms with Gasteiger partial charge in [0.05, 0.1) is 23.7 Å². The SMILES string of the molecule is COc1ccc(S(=O)(=O)N(CC(=O)NC(C)c2ccc3c(c2)CCC3)c2cccc(Cl)c2)cc1. The lowest BCUT2D eigenvalue weighted by Crippen LogP contribution is -2.41. The fourth-order valence-corrected chi connectivity index (χ4v) is 5.78. The zero-order valence-corrected chi connectivity index (χ0v) is 20.7. The first-order valence-electron chi connectivity index (χ1n) is 11.1. The number of anilines is 1. The van der Waals surface area contributed by atoms with E-state index in [0.717, 1.165) is 29.1 Å². The molecule has 0 heterocycles. The summed E-state index contributed by atoms with van der Waals surface area (Å²) in [5.74, 6) is 0.124. The molecule has 34 heavy (non-hydrogen) atoms. The van der Waals surface area contributed by atoms with Gasteiger partial charge in [0.1, 0.15) is 12.3 Å². The molecular formula is C26H27ClN2O4S. The molecule has 0 spiro atoms. The average molecular weight is 499 g/mol. The van der Waals surface area contributed by atoms with Gasteiger partial charge in [0, 0.05) is 5.02 Å². The van der Waals surface area contributed by atoms with E-state index in [2.05, 4.69) is 17.4 Å². The minimum Gasteiger partial charge on any atom is -0.497 e. The van der Waals surface area contributed by atoms with Crippen molar-refractivity contribution in [2.24, 2.45) is 0 Å². The molecule has 0 radical (unpaired) electrons. The molecule has 0 aromatic heterocycles. The fraction of sp³-hybridized carbons (Fsp3) is 0.269.